The minimum atomic E-state index is -0.829. The number of para-hydroxylation sites is 1. The van der Waals surface area contributed by atoms with Crippen molar-refractivity contribution in [2.45, 2.75) is 18.4 Å². The van der Waals surface area contributed by atoms with Gasteiger partial charge in [0.1, 0.15) is 0 Å². The third-order valence-corrected chi connectivity index (χ3v) is 6.53. The van der Waals surface area contributed by atoms with Crippen molar-refractivity contribution in [2.75, 3.05) is 6.61 Å². The molecule has 4 aromatic rings. The van der Waals surface area contributed by atoms with E-state index in [9.17, 15) is 9.90 Å². The quantitative estimate of drug-likeness (QED) is 0.231. The number of rotatable bonds is 6. The van der Waals surface area contributed by atoms with Crippen molar-refractivity contribution in [3.05, 3.63) is 95.7 Å². The van der Waals surface area contributed by atoms with Gasteiger partial charge in [0.05, 0.1) is 0 Å². The molecule has 33 heavy (non-hydrogen) atoms. The summed E-state index contributed by atoms with van der Waals surface area (Å²) < 4.78 is 5.26. The van der Waals surface area contributed by atoms with Gasteiger partial charge in [-0.05, 0) is 0 Å². The van der Waals surface area contributed by atoms with Crippen molar-refractivity contribution >= 4 is 37.7 Å². The molecule has 159 valence electrons. The van der Waals surface area contributed by atoms with Crippen LogP contribution in [0, 0.1) is 0 Å². The fraction of sp³-hybridized carbons (Fsp3) is 0.154. The molecule has 3 aromatic carbocycles. The molecule has 1 radical (unpaired) electrons. The van der Waals surface area contributed by atoms with Crippen LogP contribution in [0.4, 0.5) is 0 Å². The molecule has 1 atom stereocenters. The van der Waals surface area contributed by atoms with Crippen LogP contribution in [0.25, 0.3) is 22.0 Å². The van der Waals surface area contributed by atoms with Crippen LogP contribution in [0.1, 0.15) is 22.6 Å². The van der Waals surface area contributed by atoms with Gasteiger partial charge >= 0.3 is 224 Å². The second-order valence-corrected chi connectivity index (χ2v) is 8.68. The fourth-order valence-electron chi connectivity index (χ4n) is 4.45. The van der Waals surface area contributed by atoms with Crippen LogP contribution >= 0.6 is 0 Å². The number of carbonyl (C=O) groups excluding carboxylic acids is 1. The summed E-state index contributed by atoms with van der Waals surface area (Å²) in [6.07, 6.45) is 1.45. The van der Waals surface area contributed by atoms with Gasteiger partial charge < -0.3 is 0 Å². The smallest absolute Gasteiger partial charge is 1.00 e. The van der Waals surface area contributed by atoms with E-state index in [4.69, 9.17) is 4.74 Å². The van der Waals surface area contributed by atoms with Gasteiger partial charge in [-0.15, -0.1) is 0 Å². The van der Waals surface area contributed by atoms with Crippen molar-refractivity contribution in [1.29, 1.82) is 0 Å². The van der Waals surface area contributed by atoms with Gasteiger partial charge in [-0.25, -0.2) is 0 Å². The average molecular weight is 510 g/mol. The Morgan fingerprint density at radius 2 is 1.61 bits per heavy atom. The van der Waals surface area contributed by atoms with Crippen molar-refractivity contribution < 1.29 is 44.2 Å². The van der Waals surface area contributed by atoms with Gasteiger partial charge in [-0.2, -0.15) is 0 Å². The normalized spacial score (nSPS) is 13.8. The topological polar surface area (TPSA) is 77.5 Å². The number of ether oxygens (including phenoxy) is 1. The third-order valence-electron chi connectivity index (χ3n) is 5.96. The summed E-state index contributed by atoms with van der Waals surface area (Å²) in [6, 6.07) is 23.3. The molecule has 1 N–H and O–H groups in total. The van der Waals surface area contributed by atoms with Gasteiger partial charge in [-0.3, -0.25) is 0 Å². The Morgan fingerprint density at radius 1 is 1.00 bits per heavy atom. The van der Waals surface area contributed by atoms with E-state index < -0.39 is 12.1 Å². The van der Waals surface area contributed by atoms with E-state index in [-0.39, 0.29) is 46.8 Å². The van der Waals surface area contributed by atoms with Crippen LogP contribution in [-0.4, -0.2) is 44.4 Å². The Kier molecular flexibility index (Phi) is 7.42. The summed E-state index contributed by atoms with van der Waals surface area (Å²) in [6.45, 7) is 0.178. The van der Waals surface area contributed by atoms with Crippen molar-refractivity contribution in [2.24, 2.45) is 4.99 Å². The SMILES string of the molecule is O=C([Se])[C@@H](Cc1c[nH]c2ccccc12)N=C([O-])OCC1c2ccccc2-c2ccccc21.[Na+]. The fourth-order valence-corrected chi connectivity index (χ4v) is 4.73. The zero-order valence-corrected chi connectivity index (χ0v) is 21.9. The number of aromatic nitrogens is 1. The molecule has 0 saturated carbocycles. The van der Waals surface area contributed by atoms with Crippen molar-refractivity contribution in [1.82, 2.24) is 4.98 Å². The Hall–Kier alpha value is -2.34. The number of hydrogen-bond donors (Lipinski definition) is 1. The zero-order chi connectivity index (χ0) is 22.1. The maximum Gasteiger partial charge on any atom is 1.00 e. The molecule has 0 unspecified atom stereocenters. The maximum absolute atomic E-state index is 12.6. The van der Waals surface area contributed by atoms with Gasteiger partial charge in [0.15, 0.2) is 0 Å². The molecule has 7 heteroatoms. The average Bonchev–Trinajstić information content (AvgIpc) is 3.36. The number of nitrogens with one attached hydrogen (secondary N) is 1. The second kappa shape index (κ2) is 10.3. The number of aromatic amines is 1. The number of carbonyl (C=O) groups is 1. The summed E-state index contributed by atoms with van der Waals surface area (Å²) in [4.78, 5) is 19.4. The second-order valence-electron chi connectivity index (χ2n) is 7.83. The molecular weight excluding hydrogens is 490 g/mol. The first-order chi connectivity index (χ1) is 15.6. The number of hydrogen-bond acceptors (Lipinski definition) is 4. The summed E-state index contributed by atoms with van der Waals surface area (Å²) in [5.74, 6) is -0.0440. The predicted octanol–water partition coefficient (Wildman–Crippen LogP) is 0.323. The van der Waals surface area contributed by atoms with Crippen LogP contribution in [0.5, 0.6) is 0 Å². The molecule has 0 spiro atoms. The molecule has 0 fully saturated rings. The summed E-state index contributed by atoms with van der Waals surface area (Å²) in [5, 5.41) is 13.6. The van der Waals surface area contributed by atoms with E-state index in [2.05, 4.69) is 50.3 Å². The van der Waals surface area contributed by atoms with Crippen molar-refractivity contribution in [3.63, 3.8) is 0 Å². The largest absolute Gasteiger partial charge is 1.00 e. The summed E-state index contributed by atoms with van der Waals surface area (Å²) in [7, 11) is 0. The summed E-state index contributed by atoms with van der Waals surface area (Å²) >= 11 is 2.48. The monoisotopic (exact) mass is 511 g/mol. The first-order valence-corrected chi connectivity index (χ1v) is 11.3. The third kappa shape index (κ3) is 4.81. The number of fused-ring (bicyclic) bond motifs is 4. The first kappa shape index (κ1) is 23.8. The Balaban J connectivity index is 0.00000259. The van der Waals surface area contributed by atoms with E-state index in [1.54, 1.807) is 0 Å². The standard InChI is InChI=1S/C26H21N2O3Se.Na/c29-25(32)24(13-16-14-27-23-12-6-5-7-17(16)23)28-26(30)31-15-22-20-10-3-1-8-18(20)19-9-2-4-11-21(19)22;/h1-12,14,22,24,27H,13,15H2,(H,28,30);/q;+1/p-1/t24-;/m1./s1. The molecule has 0 bridgehead atoms. The van der Waals surface area contributed by atoms with Gasteiger partial charge in [0, 0.05) is 0 Å². The first-order valence-electron chi connectivity index (χ1n) is 10.4. The number of aliphatic imine (C=N–C) groups is 1. The minimum Gasteiger partial charge on any atom is 1.00 e. The van der Waals surface area contributed by atoms with Crippen LogP contribution in [0.15, 0.2) is 84.0 Å². The maximum atomic E-state index is 12.6. The van der Waals surface area contributed by atoms with E-state index in [1.807, 2.05) is 54.7 Å². The molecule has 5 nitrogen and oxygen atoms in total. The van der Waals surface area contributed by atoms with Crippen molar-refractivity contribution in [3.8, 4) is 11.1 Å². The van der Waals surface area contributed by atoms with Gasteiger partial charge in [-0.1, -0.05) is 0 Å². The minimum absolute atomic E-state index is 0. The number of nitrogens with zero attached hydrogens (tertiary/aromatic N) is 1. The molecule has 1 aliphatic rings. The molecule has 0 amide bonds. The molecule has 1 aromatic heterocycles. The molecule has 0 aliphatic heterocycles. The number of H-pyrrole nitrogens is 1. The van der Waals surface area contributed by atoms with Gasteiger partial charge in [0.2, 0.25) is 0 Å². The number of benzene rings is 3. The van der Waals surface area contributed by atoms with E-state index in [0.29, 0.717) is 6.42 Å². The Bertz CT molecular complexity index is 1290. The molecule has 0 saturated heterocycles. The van der Waals surface area contributed by atoms with E-state index in [1.165, 1.54) is 0 Å². The van der Waals surface area contributed by atoms with Crippen LogP contribution in [0.2, 0.25) is 0 Å². The van der Waals surface area contributed by atoms with Crippen LogP contribution in [-0.2, 0) is 16.0 Å². The predicted molar refractivity (Wildman–Crippen MR) is 124 cm³/mol. The summed E-state index contributed by atoms with van der Waals surface area (Å²) in [5.41, 5.74) is 6.51. The van der Waals surface area contributed by atoms with Gasteiger partial charge in [0.25, 0.3) is 0 Å². The molecule has 1 aliphatic carbocycles. The van der Waals surface area contributed by atoms with E-state index in [0.717, 1.165) is 38.7 Å². The molecule has 5 rings (SSSR count). The zero-order valence-electron chi connectivity index (χ0n) is 18.2. The van der Waals surface area contributed by atoms with Crippen LogP contribution in [0.3, 0.4) is 0 Å². The Morgan fingerprint density at radius 3 is 2.27 bits per heavy atom. The Labute approximate surface area is 222 Å². The van der Waals surface area contributed by atoms with E-state index >= 15 is 0 Å². The van der Waals surface area contributed by atoms with Crippen LogP contribution < -0.4 is 34.7 Å². The molecular formula is C26H20N2NaO3Se. The molecule has 1 heterocycles.